The lowest BCUT2D eigenvalue weighted by Gasteiger charge is -2.26. The van der Waals surface area contributed by atoms with Crippen LogP contribution in [-0.4, -0.2) is 42.1 Å². The summed E-state index contributed by atoms with van der Waals surface area (Å²) in [4.78, 5) is 14.4. The van der Waals surface area contributed by atoms with Crippen molar-refractivity contribution in [1.82, 2.24) is 14.7 Å². The van der Waals surface area contributed by atoms with Crippen molar-refractivity contribution in [3.05, 3.63) is 42.2 Å². The van der Waals surface area contributed by atoms with E-state index in [1.165, 1.54) is 18.8 Å². The first-order valence-corrected chi connectivity index (χ1v) is 9.92. The van der Waals surface area contributed by atoms with E-state index in [2.05, 4.69) is 9.82 Å². The average Bonchev–Trinajstić information content (AvgIpc) is 3.12. The maximum Gasteiger partial charge on any atom is 0.265 e. The zero-order chi connectivity index (χ0) is 17.9. The van der Waals surface area contributed by atoms with Gasteiger partial charge < -0.3 is 4.90 Å². The van der Waals surface area contributed by atoms with Gasteiger partial charge in [-0.2, -0.15) is 5.10 Å². The van der Waals surface area contributed by atoms with Gasteiger partial charge in [0.05, 0.1) is 6.20 Å². The van der Waals surface area contributed by atoms with Gasteiger partial charge in [0.15, 0.2) is 0 Å². The topological polar surface area (TPSA) is 84.3 Å². The first-order chi connectivity index (χ1) is 12.0. The molecule has 0 aliphatic carbocycles. The molecule has 1 fully saturated rings. The number of benzene rings is 1. The van der Waals surface area contributed by atoms with Crippen molar-refractivity contribution in [3.63, 3.8) is 0 Å². The Morgan fingerprint density at radius 3 is 2.44 bits per heavy atom. The van der Waals surface area contributed by atoms with Gasteiger partial charge in [0.25, 0.3) is 15.9 Å². The number of hydrogen-bond donors (Lipinski definition) is 1. The van der Waals surface area contributed by atoms with Crippen LogP contribution >= 0.6 is 0 Å². The molecule has 0 bridgehead atoms. The highest BCUT2D eigenvalue weighted by molar-refractivity contribution is 7.92. The van der Waals surface area contributed by atoms with E-state index in [0.29, 0.717) is 17.8 Å². The predicted molar refractivity (Wildman–Crippen MR) is 94.9 cm³/mol. The molecular weight excluding hydrogens is 340 g/mol. The third-order valence-electron chi connectivity index (χ3n) is 4.27. The number of nitrogens with zero attached hydrogens (tertiary/aromatic N) is 3. The summed E-state index contributed by atoms with van der Waals surface area (Å²) < 4.78 is 28.8. The number of hydrogen-bond acceptors (Lipinski definition) is 4. The summed E-state index contributed by atoms with van der Waals surface area (Å²) in [6.07, 6.45) is 6.04. The third kappa shape index (κ3) is 4.01. The summed E-state index contributed by atoms with van der Waals surface area (Å²) in [6.45, 7) is 4.06. The molecular formula is C17H22N4O3S. The summed E-state index contributed by atoms with van der Waals surface area (Å²) in [7, 11) is -3.68. The molecule has 1 aliphatic heterocycles. The molecule has 134 valence electrons. The standard InChI is InChI=1S/C17H22N4O3S/c1-2-21-13-16(12-18-21)25(23,24)19-15-8-6-14(7-9-15)17(22)20-10-4-3-5-11-20/h6-9,12-13,19H,2-5,10-11H2,1H3. The second-order valence-corrected chi connectivity index (χ2v) is 7.75. The molecule has 0 atom stereocenters. The lowest BCUT2D eigenvalue weighted by molar-refractivity contribution is 0.0724. The van der Waals surface area contributed by atoms with Crippen molar-refractivity contribution in [2.24, 2.45) is 0 Å². The van der Waals surface area contributed by atoms with Gasteiger partial charge in [-0.3, -0.25) is 14.2 Å². The molecule has 0 radical (unpaired) electrons. The summed E-state index contributed by atoms with van der Waals surface area (Å²) >= 11 is 0. The first-order valence-electron chi connectivity index (χ1n) is 8.44. The van der Waals surface area contributed by atoms with E-state index in [4.69, 9.17) is 0 Å². The Hall–Kier alpha value is -2.35. The summed E-state index contributed by atoms with van der Waals surface area (Å²) in [6, 6.07) is 6.53. The van der Waals surface area contributed by atoms with E-state index in [0.717, 1.165) is 25.9 Å². The van der Waals surface area contributed by atoms with E-state index < -0.39 is 10.0 Å². The number of rotatable bonds is 5. The number of nitrogens with one attached hydrogen (secondary N) is 1. The van der Waals surface area contributed by atoms with Crippen LogP contribution in [0, 0.1) is 0 Å². The molecule has 2 heterocycles. The molecule has 0 spiro atoms. The monoisotopic (exact) mass is 362 g/mol. The number of likely N-dealkylation sites (tertiary alicyclic amines) is 1. The molecule has 3 rings (SSSR count). The van der Waals surface area contributed by atoms with Gasteiger partial charge >= 0.3 is 0 Å². The van der Waals surface area contributed by atoms with E-state index in [1.807, 2.05) is 11.8 Å². The van der Waals surface area contributed by atoms with Crippen LogP contribution in [-0.2, 0) is 16.6 Å². The quantitative estimate of drug-likeness (QED) is 0.885. The van der Waals surface area contributed by atoms with E-state index in [1.54, 1.807) is 28.9 Å². The fourth-order valence-corrected chi connectivity index (χ4v) is 3.84. The molecule has 8 heteroatoms. The van der Waals surface area contributed by atoms with Crippen molar-refractivity contribution >= 4 is 21.6 Å². The van der Waals surface area contributed by atoms with Crippen molar-refractivity contribution in [3.8, 4) is 0 Å². The minimum absolute atomic E-state index is 0.00155. The van der Waals surface area contributed by atoms with Crippen molar-refractivity contribution < 1.29 is 13.2 Å². The number of amides is 1. The molecule has 1 saturated heterocycles. The lowest BCUT2D eigenvalue weighted by atomic mass is 10.1. The smallest absolute Gasteiger partial charge is 0.265 e. The number of carbonyl (C=O) groups excluding carboxylic acids is 1. The summed E-state index contributed by atoms with van der Waals surface area (Å²) in [5.41, 5.74) is 0.989. The molecule has 1 N–H and O–H groups in total. The highest BCUT2D eigenvalue weighted by Gasteiger charge is 2.19. The van der Waals surface area contributed by atoms with E-state index >= 15 is 0 Å². The van der Waals surface area contributed by atoms with Gasteiger partial charge in [-0.05, 0) is 50.5 Å². The van der Waals surface area contributed by atoms with Gasteiger partial charge in [0.1, 0.15) is 4.90 Å². The van der Waals surface area contributed by atoms with E-state index in [-0.39, 0.29) is 10.8 Å². The zero-order valence-corrected chi connectivity index (χ0v) is 15.0. The molecule has 1 aromatic heterocycles. The predicted octanol–water partition coefficient (Wildman–Crippen LogP) is 2.33. The van der Waals surface area contributed by atoms with Crippen LogP contribution in [0.2, 0.25) is 0 Å². The highest BCUT2D eigenvalue weighted by Crippen LogP contribution is 2.18. The molecule has 1 aliphatic rings. The SMILES string of the molecule is CCn1cc(S(=O)(=O)Nc2ccc(C(=O)N3CCCCC3)cc2)cn1. The molecule has 1 aromatic carbocycles. The van der Waals surface area contributed by atoms with E-state index in [9.17, 15) is 13.2 Å². The maximum absolute atomic E-state index is 12.4. The minimum atomic E-state index is -3.68. The Morgan fingerprint density at radius 1 is 1.16 bits per heavy atom. The van der Waals surface area contributed by atoms with Crippen LogP contribution in [0.15, 0.2) is 41.6 Å². The normalized spacial score (nSPS) is 15.2. The second kappa shape index (κ2) is 7.26. The fourth-order valence-electron chi connectivity index (χ4n) is 2.83. The lowest BCUT2D eigenvalue weighted by Crippen LogP contribution is -2.35. The molecule has 0 unspecified atom stereocenters. The fraction of sp³-hybridized carbons (Fsp3) is 0.412. The van der Waals surface area contributed by atoms with Crippen LogP contribution in [0.1, 0.15) is 36.5 Å². The average molecular weight is 362 g/mol. The Kier molecular flexibility index (Phi) is 5.08. The Bertz CT molecular complexity index is 837. The summed E-state index contributed by atoms with van der Waals surface area (Å²) in [5.74, 6) is -0.00155. The highest BCUT2D eigenvalue weighted by atomic mass is 32.2. The molecule has 0 saturated carbocycles. The van der Waals surface area contributed by atoms with Crippen LogP contribution in [0.3, 0.4) is 0 Å². The summed E-state index contributed by atoms with van der Waals surface area (Å²) in [5, 5.41) is 3.98. The molecule has 25 heavy (non-hydrogen) atoms. The molecule has 1 amide bonds. The Balaban J connectivity index is 1.70. The number of sulfonamides is 1. The van der Waals surface area contributed by atoms with Crippen LogP contribution in [0.4, 0.5) is 5.69 Å². The zero-order valence-electron chi connectivity index (χ0n) is 14.2. The number of aryl methyl sites for hydroxylation is 1. The Labute approximate surface area is 147 Å². The minimum Gasteiger partial charge on any atom is -0.339 e. The van der Waals surface area contributed by atoms with Crippen molar-refractivity contribution in [2.45, 2.75) is 37.6 Å². The number of carbonyl (C=O) groups is 1. The van der Waals surface area contributed by atoms with Crippen LogP contribution in [0.25, 0.3) is 0 Å². The Morgan fingerprint density at radius 2 is 1.84 bits per heavy atom. The van der Waals surface area contributed by atoms with Crippen molar-refractivity contribution in [2.75, 3.05) is 17.8 Å². The van der Waals surface area contributed by atoms with Gasteiger partial charge in [-0.1, -0.05) is 0 Å². The van der Waals surface area contributed by atoms with Gasteiger partial charge in [-0.25, -0.2) is 8.42 Å². The van der Waals surface area contributed by atoms with Crippen LogP contribution < -0.4 is 4.72 Å². The molecule has 2 aromatic rings. The number of piperidine rings is 1. The van der Waals surface area contributed by atoms with Gasteiger partial charge in [0.2, 0.25) is 0 Å². The number of anilines is 1. The van der Waals surface area contributed by atoms with Crippen LogP contribution in [0.5, 0.6) is 0 Å². The van der Waals surface area contributed by atoms with Crippen molar-refractivity contribution in [1.29, 1.82) is 0 Å². The first kappa shape index (κ1) is 17.5. The third-order valence-corrected chi connectivity index (χ3v) is 5.61. The second-order valence-electron chi connectivity index (χ2n) is 6.07. The largest absolute Gasteiger partial charge is 0.339 e. The maximum atomic E-state index is 12.4. The number of aromatic nitrogens is 2. The molecule has 7 nitrogen and oxygen atoms in total. The van der Waals surface area contributed by atoms with Gasteiger partial charge in [-0.15, -0.1) is 0 Å². The van der Waals surface area contributed by atoms with Gasteiger partial charge in [0, 0.05) is 37.1 Å².